The second-order valence-corrected chi connectivity index (χ2v) is 2.45. The van der Waals surface area contributed by atoms with E-state index in [2.05, 4.69) is 20.3 Å². The van der Waals surface area contributed by atoms with Crippen LogP contribution in [0.15, 0.2) is 11.1 Å². The summed E-state index contributed by atoms with van der Waals surface area (Å²) in [5.74, 6) is 0. The maximum Gasteiger partial charge on any atom is -0.0166 e. The fraction of sp³-hybridized carbons (Fsp3) is 0.625. The Bertz CT molecular complexity index is 109. The number of hydrogen-bond donors (Lipinski definition) is 0. The lowest BCUT2D eigenvalue weighted by Gasteiger charge is -1.94. The van der Waals surface area contributed by atoms with E-state index >= 15 is 0 Å². The minimum Gasteiger partial charge on any atom is -0.0738 e. The normalized spacial score (nSPS) is 20.2. The van der Waals surface area contributed by atoms with Crippen molar-refractivity contribution in [2.45, 2.75) is 33.1 Å². The molecule has 0 saturated carbocycles. The minimum atomic E-state index is 1.32. The van der Waals surface area contributed by atoms with E-state index in [1.165, 1.54) is 19.3 Å². The molecular formula is C8H13. The molecule has 1 radical (unpaired) electrons. The summed E-state index contributed by atoms with van der Waals surface area (Å²) in [6.07, 6.45) is 6.27. The van der Waals surface area contributed by atoms with Gasteiger partial charge in [-0.1, -0.05) is 18.1 Å². The molecule has 0 heteroatoms. The van der Waals surface area contributed by atoms with Gasteiger partial charge in [-0.15, -0.1) is 0 Å². The molecule has 0 aromatic heterocycles. The molecule has 0 saturated heterocycles. The van der Waals surface area contributed by atoms with E-state index in [0.29, 0.717) is 0 Å². The van der Waals surface area contributed by atoms with Crippen molar-refractivity contribution in [3.8, 4) is 0 Å². The van der Waals surface area contributed by atoms with Gasteiger partial charge in [-0.2, -0.15) is 0 Å². The van der Waals surface area contributed by atoms with Crippen molar-refractivity contribution in [1.82, 2.24) is 0 Å². The summed E-state index contributed by atoms with van der Waals surface area (Å²) >= 11 is 0. The van der Waals surface area contributed by atoms with Gasteiger partial charge in [-0.25, -0.2) is 0 Å². The Hall–Kier alpha value is -0.260. The van der Waals surface area contributed by atoms with Gasteiger partial charge in [0.2, 0.25) is 0 Å². The molecule has 0 N–H and O–H groups in total. The summed E-state index contributed by atoms with van der Waals surface area (Å²) in [6, 6.07) is 0. The third kappa shape index (κ3) is 0.936. The van der Waals surface area contributed by atoms with E-state index in [9.17, 15) is 0 Å². The molecule has 0 spiro atoms. The largest absolute Gasteiger partial charge is 0.0738 e. The van der Waals surface area contributed by atoms with Gasteiger partial charge >= 0.3 is 0 Å². The molecule has 0 aromatic rings. The summed E-state index contributed by atoms with van der Waals surface area (Å²) in [5.41, 5.74) is 3.19. The van der Waals surface area contributed by atoms with Gasteiger partial charge in [0.05, 0.1) is 0 Å². The van der Waals surface area contributed by atoms with Crippen LogP contribution in [-0.2, 0) is 0 Å². The monoisotopic (exact) mass is 109 g/mol. The highest BCUT2D eigenvalue weighted by Crippen LogP contribution is 2.26. The molecule has 0 atom stereocenters. The van der Waals surface area contributed by atoms with Crippen LogP contribution in [0.4, 0.5) is 0 Å². The van der Waals surface area contributed by atoms with Gasteiger partial charge in [0.25, 0.3) is 0 Å². The van der Waals surface area contributed by atoms with Gasteiger partial charge in [0.15, 0.2) is 0 Å². The van der Waals surface area contributed by atoms with Crippen molar-refractivity contribution in [2.75, 3.05) is 0 Å². The molecule has 45 valence electrons. The highest BCUT2D eigenvalue weighted by molar-refractivity contribution is 5.23. The van der Waals surface area contributed by atoms with Crippen LogP contribution in [0, 0.1) is 6.42 Å². The molecule has 0 amide bonds. The average Bonchev–Trinajstić information content (AvgIpc) is 2.14. The second-order valence-electron chi connectivity index (χ2n) is 2.45. The zero-order valence-corrected chi connectivity index (χ0v) is 5.70. The fourth-order valence-electron chi connectivity index (χ4n) is 1.31. The summed E-state index contributed by atoms with van der Waals surface area (Å²) in [7, 11) is 0. The fourth-order valence-corrected chi connectivity index (χ4v) is 1.31. The van der Waals surface area contributed by atoms with Gasteiger partial charge in [0.1, 0.15) is 0 Å². The van der Waals surface area contributed by atoms with Crippen LogP contribution in [-0.4, -0.2) is 0 Å². The lowest BCUT2D eigenvalue weighted by molar-refractivity contribution is 0.894. The first kappa shape index (κ1) is 5.87. The Morgan fingerprint density at radius 3 is 2.38 bits per heavy atom. The Balaban J connectivity index is 2.58. The Kier molecular flexibility index (Phi) is 1.72. The molecule has 0 heterocycles. The topological polar surface area (TPSA) is 0 Å². The maximum atomic E-state index is 2.24. The smallest absolute Gasteiger partial charge is 0.0166 e. The highest BCUT2D eigenvalue weighted by atomic mass is 14.1. The summed E-state index contributed by atoms with van der Waals surface area (Å²) in [5, 5.41) is 0. The SMILES string of the molecule is C[CH]C1=C(C)CCC1. The first-order chi connectivity index (χ1) is 3.84. The van der Waals surface area contributed by atoms with Crippen LogP contribution in [0.1, 0.15) is 33.1 Å². The van der Waals surface area contributed by atoms with E-state index in [1.807, 2.05) is 0 Å². The van der Waals surface area contributed by atoms with Gasteiger partial charge in [-0.3, -0.25) is 0 Å². The van der Waals surface area contributed by atoms with Crippen LogP contribution < -0.4 is 0 Å². The van der Waals surface area contributed by atoms with Crippen molar-refractivity contribution in [3.05, 3.63) is 17.6 Å². The van der Waals surface area contributed by atoms with E-state index in [4.69, 9.17) is 0 Å². The molecule has 1 rings (SSSR count). The Labute approximate surface area is 51.6 Å². The second kappa shape index (κ2) is 2.34. The molecule has 0 bridgehead atoms. The number of hydrogen-bond acceptors (Lipinski definition) is 0. The lowest BCUT2D eigenvalue weighted by atomic mass is 10.1. The van der Waals surface area contributed by atoms with E-state index in [-0.39, 0.29) is 0 Å². The van der Waals surface area contributed by atoms with Gasteiger partial charge < -0.3 is 0 Å². The van der Waals surface area contributed by atoms with Crippen molar-refractivity contribution >= 4 is 0 Å². The van der Waals surface area contributed by atoms with E-state index in [0.717, 1.165) is 0 Å². The van der Waals surface area contributed by atoms with Crippen molar-refractivity contribution < 1.29 is 0 Å². The first-order valence-corrected chi connectivity index (χ1v) is 3.32. The zero-order valence-electron chi connectivity index (χ0n) is 5.70. The maximum absolute atomic E-state index is 2.24. The highest BCUT2D eigenvalue weighted by Gasteiger charge is 2.07. The lowest BCUT2D eigenvalue weighted by Crippen LogP contribution is -1.75. The summed E-state index contributed by atoms with van der Waals surface area (Å²) < 4.78 is 0. The molecule has 1 aliphatic carbocycles. The zero-order chi connectivity index (χ0) is 5.98. The van der Waals surface area contributed by atoms with Crippen LogP contribution in [0.5, 0.6) is 0 Å². The van der Waals surface area contributed by atoms with Crippen LogP contribution in [0.3, 0.4) is 0 Å². The predicted molar refractivity (Wildman–Crippen MR) is 36.5 cm³/mol. The van der Waals surface area contributed by atoms with Gasteiger partial charge in [-0.05, 0) is 32.6 Å². The average molecular weight is 109 g/mol. The number of rotatable bonds is 1. The van der Waals surface area contributed by atoms with Crippen LogP contribution >= 0.6 is 0 Å². The molecule has 8 heavy (non-hydrogen) atoms. The Morgan fingerprint density at radius 2 is 2.12 bits per heavy atom. The van der Waals surface area contributed by atoms with Crippen LogP contribution in [0.25, 0.3) is 0 Å². The third-order valence-electron chi connectivity index (χ3n) is 1.89. The molecule has 0 fully saturated rings. The molecule has 0 unspecified atom stereocenters. The summed E-state index contributed by atoms with van der Waals surface area (Å²) in [4.78, 5) is 0. The Morgan fingerprint density at radius 1 is 1.38 bits per heavy atom. The first-order valence-electron chi connectivity index (χ1n) is 3.32. The molecule has 1 aliphatic rings. The molecular weight excluding hydrogens is 96.1 g/mol. The quantitative estimate of drug-likeness (QED) is 0.485. The molecule has 0 aliphatic heterocycles. The van der Waals surface area contributed by atoms with E-state index in [1.54, 1.807) is 11.1 Å². The predicted octanol–water partition coefficient (Wildman–Crippen LogP) is 2.71. The van der Waals surface area contributed by atoms with E-state index < -0.39 is 0 Å². The van der Waals surface area contributed by atoms with Crippen LogP contribution in [0.2, 0.25) is 0 Å². The number of allylic oxidation sites excluding steroid dienone is 2. The standard InChI is InChI=1S/C8H13/c1-3-8-6-4-5-7(8)2/h3H,4-6H2,1-2H3. The summed E-state index contributed by atoms with van der Waals surface area (Å²) in [6.45, 7) is 4.37. The minimum absolute atomic E-state index is 1.32. The van der Waals surface area contributed by atoms with Gasteiger partial charge in [0, 0.05) is 0 Å². The molecule has 0 aromatic carbocycles. The molecule has 0 nitrogen and oxygen atoms in total. The van der Waals surface area contributed by atoms with Crippen molar-refractivity contribution in [1.29, 1.82) is 0 Å². The third-order valence-corrected chi connectivity index (χ3v) is 1.89. The van der Waals surface area contributed by atoms with Crippen molar-refractivity contribution in [3.63, 3.8) is 0 Å². The van der Waals surface area contributed by atoms with Crippen molar-refractivity contribution in [2.24, 2.45) is 0 Å².